The summed E-state index contributed by atoms with van der Waals surface area (Å²) in [5.41, 5.74) is 1.23. The number of rotatable bonds is 4. The van der Waals surface area contributed by atoms with E-state index >= 15 is 0 Å². The second-order valence-electron chi connectivity index (χ2n) is 6.54. The molecule has 7 heteroatoms. The fraction of sp³-hybridized carbons (Fsp3) is 0.562. The molecule has 0 amide bonds. The molecule has 0 aliphatic carbocycles. The highest BCUT2D eigenvalue weighted by molar-refractivity contribution is 7.89. The van der Waals surface area contributed by atoms with Gasteiger partial charge < -0.3 is 5.32 Å². The molecule has 0 bridgehead atoms. The number of halogens is 1. The molecular weight excluding hydrogens is 334 g/mol. The Morgan fingerprint density at radius 2 is 2.13 bits per heavy atom. The van der Waals surface area contributed by atoms with Crippen LogP contribution in [0.3, 0.4) is 0 Å². The monoisotopic (exact) mass is 357 g/mol. The largest absolute Gasteiger partial charge is 0.312 e. The molecule has 1 unspecified atom stereocenters. The lowest BCUT2D eigenvalue weighted by Crippen LogP contribution is -2.52. The van der Waals surface area contributed by atoms with Crippen molar-refractivity contribution in [1.82, 2.24) is 10.0 Å². The van der Waals surface area contributed by atoms with Gasteiger partial charge in [-0.3, -0.25) is 0 Å². The van der Waals surface area contributed by atoms with Crippen LogP contribution in [0.4, 0.5) is 0 Å². The number of hydrogen-bond donors (Lipinski definition) is 2. The quantitative estimate of drug-likeness (QED) is 0.866. The van der Waals surface area contributed by atoms with E-state index in [9.17, 15) is 8.42 Å². The van der Waals surface area contributed by atoms with E-state index in [4.69, 9.17) is 5.26 Å². The molecule has 23 heavy (non-hydrogen) atoms. The van der Waals surface area contributed by atoms with Gasteiger partial charge in [-0.15, -0.1) is 12.4 Å². The summed E-state index contributed by atoms with van der Waals surface area (Å²) in [6, 6.07) is 6.73. The summed E-state index contributed by atoms with van der Waals surface area (Å²) in [6.45, 7) is 7.34. The van der Waals surface area contributed by atoms with Gasteiger partial charge in [0.2, 0.25) is 10.0 Å². The van der Waals surface area contributed by atoms with Crippen LogP contribution < -0.4 is 10.0 Å². The molecule has 1 saturated heterocycles. The topological polar surface area (TPSA) is 82.0 Å². The summed E-state index contributed by atoms with van der Waals surface area (Å²) in [7, 11) is -3.56. The van der Waals surface area contributed by atoms with E-state index < -0.39 is 10.0 Å². The Hall–Kier alpha value is -1.13. The zero-order chi connectivity index (χ0) is 16.4. The Bertz CT molecular complexity index is 696. The Morgan fingerprint density at radius 1 is 1.43 bits per heavy atom. The number of nitrogens with one attached hydrogen (secondary N) is 2. The van der Waals surface area contributed by atoms with Gasteiger partial charge in [0.25, 0.3) is 0 Å². The molecule has 0 saturated carbocycles. The zero-order valence-corrected chi connectivity index (χ0v) is 15.4. The normalized spacial score (nSPS) is 20.3. The lowest BCUT2D eigenvalue weighted by atomic mass is 9.78. The first-order valence-electron chi connectivity index (χ1n) is 7.50. The van der Waals surface area contributed by atoms with Gasteiger partial charge in [0.15, 0.2) is 0 Å². The molecule has 1 aromatic rings. The summed E-state index contributed by atoms with van der Waals surface area (Å²) in [5.74, 6) is 0. The molecular formula is C16H24ClN3O2S. The fourth-order valence-electron chi connectivity index (χ4n) is 2.82. The van der Waals surface area contributed by atoms with Crippen LogP contribution in [0.25, 0.3) is 0 Å². The molecule has 1 aromatic carbocycles. The summed E-state index contributed by atoms with van der Waals surface area (Å²) < 4.78 is 27.5. The molecule has 1 atom stereocenters. The highest BCUT2D eigenvalue weighted by Crippen LogP contribution is 2.29. The molecule has 5 nitrogen and oxygen atoms in total. The first-order valence-corrected chi connectivity index (χ1v) is 8.98. The summed E-state index contributed by atoms with van der Waals surface area (Å²) in [5, 5.41) is 12.3. The predicted octanol–water partition coefficient (Wildman–Crippen LogP) is 2.35. The van der Waals surface area contributed by atoms with Gasteiger partial charge in [0, 0.05) is 12.6 Å². The maximum Gasteiger partial charge on any atom is 0.240 e. The van der Waals surface area contributed by atoms with Gasteiger partial charge in [-0.25, -0.2) is 13.1 Å². The zero-order valence-electron chi connectivity index (χ0n) is 13.7. The smallest absolute Gasteiger partial charge is 0.240 e. The average Bonchev–Trinajstić information content (AvgIpc) is 2.45. The predicted molar refractivity (Wildman–Crippen MR) is 93.1 cm³/mol. The van der Waals surface area contributed by atoms with Crippen LogP contribution in [0.5, 0.6) is 0 Å². The van der Waals surface area contributed by atoms with Gasteiger partial charge >= 0.3 is 0 Å². The van der Waals surface area contributed by atoms with E-state index in [0.29, 0.717) is 17.7 Å². The number of hydrogen-bond acceptors (Lipinski definition) is 4. The number of benzene rings is 1. The second-order valence-corrected chi connectivity index (χ2v) is 8.31. The van der Waals surface area contributed by atoms with Crippen molar-refractivity contribution >= 4 is 22.4 Å². The molecule has 1 aliphatic rings. The molecule has 0 radical (unpaired) electrons. The van der Waals surface area contributed by atoms with Gasteiger partial charge in [0.1, 0.15) is 0 Å². The first kappa shape index (κ1) is 19.9. The maximum absolute atomic E-state index is 12.4. The van der Waals surface area contributed by atoms with Crippen molar-refractivity contribution in [3.8, 4) is 6.07 Å². The molecule has 1 fully saturated rings. The highest BCUT2D eigenvalue weighted by atomic mass is 35.5. The first-order chi connectivity index (χ1) is 10.3. The van der Waals surface area contributed by atoms with E-state index in [2.05, 4.69) is 23.9 Å². The molecule has 0 spiro atoms. The van der Waals surface area contributed by atoms with Crippen molar-refractivity contribution in [1.29, 1.82) is 5.26 Å². The van der Waals surface area contributed by atoms with E-state index in [1.54, 1.807) is 19.1 Å². The standard InChI is InChI=1S/C16H23N3O2S.ClH/c1-12-9-14(6-5-13(12)10-17)22(20,21)19-11-15-16(2,3)7-4-8-18-15;/h5-6,9,15,18-19H,4,7-8,11H2,1-3H3;1H. The molecule has 2 rings (SSSR count). The minimum Gasteiger partial charge on any atom is -0.312 e. The lowest BCUT2D eigenvalue weighted by Gasteiger charge is -2.39. The lowest BCUT2D eigenvalue weighted by molar-refractivity contribution is 0.181. The molecule has 128 valence electrons. The van der Waals surface area contributed by atoms with Crippen LogP contribution in [0, 0.1) is 23.7 Å². The number of nitriles is 1. The summed E-state index contributed by atoms with van der Waals surface area (Å²) >= 11 is 0. The van der Waals surface area contributed by atoms with Gasteiger partial charge in [0.05, 0.1) is 16.5 Å². The van der Waals surface area contributed by atoms with Crippen LogP contribution in [0.1, 0.15) is 37.8 Å². The van der Waals surface area contributed by atoms with Crippen LogP contribution in [-0.4, -0.2) is 27.5 Å². The van der Waals surface area contributed by atoms with Crippen molar-refractivity contribution in [2.45, 2.75) is 44.6 Å². The fourth-order valence-corrected chi connectivity index (χ4v) is 3.96. The number of aryl methyl sites for hydroxylation is 1. The van der Waals surface area contributed by atoms with Crippen LogP contribution in [0.2, 0.25) is 0 Å². The number of sulfonamides is 1. The third-order valence-electron chi connectivity index (χ3n) is 4.44. The van der Waals surface area contributed by atoms with E-state index in [1.807, 2.05) is 6.07 Å². The van der Waals surface area contributed by atoms with E-state index in [0.717, 1.165) is 19.4 Å². The summed E-state index contributed by atoms with van der Waals surface area (Å²) in [4.78, 5) is 0.206. The van der Waals surface area contributed by atoms with Crippen molar-refractivity contribution in [3.63, 3.8) is 0 Å². The minimum atomic E-state index is -3.56. The third kappa shape index (κ3) is 4.67. The molecule has 0 aromatic heterocycles. The third-order valence-corrected chi connectivity index (χ3v) is 5.86. The maximum atomic E-state index is 12.4. The SMILES string of the molecule is Cc1cc(S(=O)(=O)NCC2NCCCC2(C)C)ccc1C#N.Cl. The highest BCUT2D eigenvalue weighted by Gasteiger charge is 2.32. The van der Waals surface area contributed by atoms with Crippen LogP contribution in [-0.2, 0) is 10.0 Å². The Morgan fingerprint density at radius 3 is 2.70 bits per heavy atom. The minimum absolute atomic E-state index is 0. The summed E-state index contributed by atoms with van der Waals surface area (Å²) in [6.07, 6.45) is 2.20. The van der Waals surface area contributed by atoms with Gasteiger partial charge in [-0.05, 0) is 55.5 Å². The van der Waals surface area contributed by atoms with Crippen LogP contribution in [0.15, 0.2) is 23.1 Å². The van der Waals surface area contributed by atoms with Gasteiger partial charge in [-0.2, -0.15) is 5.26 Å². The van der Waals surface area contributed by atoms with E-state index in [1.165, 1.54) is 6.07 Å². The number of nitrogens with zero attached hydrogens (tertiary/aromatic N) is 1. The molecule has 1 heterocycles. The van der Waals surface area contributed by atoms with Gasteiger partial charge in [-0.1, -0.05) is 13.8 Å². The Balaban J connectivity index is 0.00000264. The van der Waals surface area contributed by atoms with Crippen molar-refractivity contribution in [2.75, 3.05) is 13.1 Å². The average molecular weight is 358 g/mol. The Labute approximate surface area is 144 Å². The Kier molecular flexibility index (Phi) is 6.60. The van der Waals surface area contributed by atoms with Crippen molar-refractivity contribution in [2.24, 2.45) is 5.41 Å². The van der Waals surface area contributed by atoms with Crippen molar-refractivity contribution < 1.29 is 8.42 Å². The van der Waals surface area contributed by atoms with E-state index in [-0.39, 0.29) is 28.8 Å². The van der Waals surface area contributed by atoms with Crippen molar-refractivity contribution in [3.05, 3.63) is 29.3 Å². The number of piperidine rings is 1. The second kappa shape index (κ2) is 7.63. The van der Waals surface area contributed by atoms with Crippen LogP contribution >= 0.6 is 12.4 Å². The molecule has 1 aliphatic heterocycles. The molecule has 2 N–H and O–H groups in total.